The summed E-state index contributed by atoms with van der Waals surface area (Å²) < 4.78 is 5.33. The van der Waals surface area contributed by atoms with E-state index in [4.69, 9.17) is 4.74 Å². The van der Waals surface area contributed by atoms with E-state index >= 15 is 0 Å². The lowest BCUT2D eigenvalue weighted by Crippen LogP contribution is -2.06. The minimum Gasteiger partial charge on any atom is -0.423 e. The highest BCUT2D eigenvalue weighted by atomic mass is 16.5. The number of ether oxygens (including phenoxy) is 1. The Hall–Kier alpha value is -3.20. The van der Waals surface area contributed by atoms with E-state index in [2.05, 4.69) is 0 Å². The molecule has 0 aromatic heterocycles. The van der Waals surface area contributed by atoms with E-state index in [0.29, 0.717) is 11.8 Å². The summed E-state index contributed by atoms with van der Waals surface area (Å²) in [5.74, 6) is -0.254. The van der Waals surface area contributed by atoms with Crippen molar-refractivity contribution >= 4 is 29.1 Å². The zero-order chi connectivity index (χ0) is 16.9. The summed E-state index contributed by atoms with van der Waals surface area (Å²) in [6.45, 7) is 2.00. The van der Waals surface area contributed by atoms with Crippen molar-refractivity contribution in [1.29, 1.82) is 0 Å². The molecule has 0 N–H and O–H groups in total. The molecule has 0 fully saturated rings. The summed E-state index contributed by atoms with van der Waals surface area (Å²) in [5.41, 5.74) is 2.44. The highest BCUT2D eigenvalue weighted by molar-refractivity contribution is 6.02. The summed E-state index contributed by atoms with van der Waals surface area (Å²) in [6.07, 6.45) is 3.76. The maximum atomic E-state index is 12.0. The molecule has 0 saturated heterocycles. The van der Waals surface area contributed by atoms with Gasteiger partial charge in [0.05, 0.1) is 5.56 Å². The number of carbonyl (C=O) groups excluding carboxylic acids is 2. The van der Waals surface area contributed by atoms with Crippen LogP contribution in [-0.4, -0.2) is 12.3 Å². The van der Waals surface area contributed by atoms with Crippen LogP contribution in [0.3, 0.4) is 0 Å². The number of benzene rings is 3. The Bertz CT molecular complexity index is 921. The molecule has 3 aromatic rings. The molecule has 3 nitrogen and oxygen atoms in total. The Labute approximate surface area is 140 Å². The lowest BCUT2D eigenvalue weighted by molar-refractivity contribution is -0.128. The fourth-order valence-corrected chi connectivity index (χ4v) is 2.47. The van der Waals surface area contributed by atoms with Crippen molar-refractivity contribution in [2.75, 3.05) is 0 Å². The molecule has 3 rings (SSSR count). The van der Waals surface area contributed by atoms with Crippen LogP contribution in [0.5, 0.6) is 5.75 Å². The van der Waals surface area contributed by atoms with Gasteiger partial charge in [0, 0.05) is 6.08 Å². The molecular weight excluding hydrogens is 300 g/mol. The van der Waals surface area contributed by atoms with Gasteiger partial charge in [-0.15, -0.1) is 0 Å². The van der Waals surface area contributed by atoms with E-state index in [1.807, 2.05) is 61.5 Å². The van der Waals surface area contributed by atoms with Gasteiger partial charge in [-0.1, -0.05) is 60.2 Å². The van der Waals surface area contributed by atoms with Crippen LogP contribution in [0.15, 0.2) is 66.7 Å². The number of aryl methyl sites for hydroxylation is 1. The van der Waals surface area contributed by atoms with Crippen molar-refractivity contribution in [3.63, 3.8) is 0 Å². The third kappa shape index (κ3) is 3.41. The first kappa shape index (κ1) is 15.7. The fraction of sp³-hybridized carbons (Fsp3) is 0.0476. The van der Waals surface area contributed by atoms with Gasteiger partial charge < -0.3 is 4.74 Å². The van der Waals surface area contributed by atoms with Gasteiger partial charge in [-0.3, -0.25) is 4.79 Å². The summed E-state index contributed by atoms with van der Waals surface area (Å²) in [5, 5.41) is 1.69. The van der Waals surface area contributed by atoms with Crippen molar-refractivity contribution in [2.24, 2.45) is 0 Å². The van der Waals surface area contributed by atoms with E-state index in [0.717, 1.165) is 21.9 Å². The highest BCUT2D eigenvalue weighted by Gasteiger charge is 2.10. The molecule has 3 heteroatoms. The van der Waals surface area contributed by atoms with E-state index in [9.17, 15) is 9.59 Å². The number of rotatable bonds is 4. The van der Waals surface area contributed by atoms with Crippen LogP contribution < -0.4 is 4.74 Å². The van der Waals surface area contributed by atoms with Gasteiger partial charge in [0.1, 0.15) is 5.75 Å². The smallest absolute Gasteiger partial charge is 0.336 e. The van der Waals surface area contributed by atoms with Gasteiger partial charge in [-0.25, -0.2) is 4.79 Å². The van der Waals surface area contributed by atoms with Crippen molar-refractivity contribution in [2.45, 2.75) is 6.92 Å². The van der Waals surface area contributed by atoms with Crippen LogP contribution >= 0.6 is 0 Å². The maximum Gasteiger partial charge on any atom is 0.336 e. The molecule has 0 aliphatic heterocycles. The van der Waals surface area contributed by atoms with Crippen molar-refractivity contribution in [3.8, 4) is 5.75 Å². The minimum absolute atomic E-state index is 0.266. The second-order valence-corrected chi connectivity index (χ2v) is 5.48. The summed E-state index contributed by atoms with van der Waals surface area (Å²) in [4.78, 5) is 23.5. The van der Waals surface area contributed by atoms with Gasteiger partial charge in [0.2, 0.25) is 0 Å². The highest BCUT2D eigenvalue weighted by Crippen LogP contribution is 2.26. The second-order valence-electron chi connectivity index (χ2n) is 5.48. The SMILES string of the molecule is Cc1ccc(C=CC(=O)Oc2ccc3ccccc3c2C=O)cc1. The minimum atomic E-state index is -0.519. The zero-order valence-electron chi connectivity index (χ0n) is 13.2. The van der Waals surface area contributed by atoms with Gasteiger partial charge in [0.25, 0.3) is 0 Å². The van der Waals surface area contributed by atoms with Crippen LogP contribution in [0.2, 0.25) is 0 Å². The zero-order valence-corrected chi connectivity index (χ0v) is 13.2. The number of hydrogen-bond donors (Lipinski definition) is 0. The Morgan fingerprint density at radius 1 is 0.958 bits per heavy atom. The van der Waals surface area contributed by atoms with E-state index in [1.165, 1.54) is 6.08 Å². The number of hydrogen-bond acceptors (Lipinski definition) is 3. The Morgan fingerprint density at radius 2 is 1.71 bits per heavy atom. The van der Waals surface area contributed by atoms with Gasteiger partial charge >= 0.3 is 5.97 Å². The first-order valence-corrected chi connectivity index (χ1v) is 7.61. The van der Waals surface area contributed by atoms with Gasteiger partial charge in [-0.2, -0.15) is 0 Å². The van der Waals surface area contributed by atoms with Crippen LogP contribution in [0, 0.1) is 6.92 Å². The molecule has 118 valence electrons. The van der Waals surface area contributed by atoms with Crippen LogP contribution in [-0.2, 0) is 4.79 Å². The standard InChI is InChI=1S/C21H16O3/c1-15-6-8-16(9-7-15)10-13-21(23)24-20-12-11-17-4-2-3-5-18(17)19(20)14-22/h2-14H,1H3. The molecule has 0 spiro atoms. The molecule has 0 aliphatic rings. The summed E-state index contributed by atoms with van der Waals surface area (Å²) >= 11 is 0. The van der Waals surface area contributed by atoms with E-state index < -0.39 is 5.97 Å². The van der Waals surface area contributed by atoms with Crippen molar-refractivity contribution < 1.29 is 14.3 Å². The van der Waals surface area contributed by atoms with Gasteiger partial charge in [0.15, 0.2) is 6.29 Å². The predicted molar refractivity (Wildman–Crippen MR) is 95.2 cm³/mol. The number of esters is 1. The maximum absolute atomic E-state index is 12.0. The predicted octanol–water partition coefficient (Wildman–Crippen LogP) is 4.58. The Kier molecular flexibility index (Phi) is 4.52. The van der Waals surface area contributed by atoms with Crippen molar-refractivity contribution in [3.05, 3.63) is 83.4 Å². The molecule has 0 saturated carbocycles. The number of carbonyl (C=O) groups is 2. The first-order chi connectivity index (χ1) is 11.7. The summed E-state index contributed by atoms with van der Waals surface area (Å²) in [7, 11) is 0. The van der Waals surface area contributed by atoms with Crippen molar-refractivity contribution in [1.82, 2.24) is 0 Å². The third-order valence-corrected chi connectivity index (χ3v) is 3.75. The van der Waals surface area contributed by atoms with Gasteiger partial charge in [-0.05, 0) is 35.4 Å². The molecule has 0 bridgehead atoms. The summed E-state index contributed by atoms with van der Waals surface area (Å²) in [6, 6.07) is 18.7. The molecular formula is C21H16O3. The molecule has 0 atom stereocenters. The fourth-order valence-electron chi connectivity index (χ4n) is 2.47. The largest absolute Gasteiger partial charge is 0.423 e. The number of aldehydes is 1. The monoisotopic (exact) mass is 316 g/mol. The van der Waals surface area contributed by atoms with Crippen LogP contribution in [0.1, 0.15) is 21.5 Å². The molecule has 0 unspecified atom stereocenters. The lowest BCUT2D eigenvalue weighted by Gasteiger charge is -2.07. The van der Waals surface area contributed by atoms with E-state index in [1.54, 1.807) is 12.1 Å². The van der Waals surface area contributed by atoms with Crippen LogP contribution in [0.25, 0.3) is 16.8 Å². The molecule has 24 heavy (non-hydrogen) atoms. The third-order valence-electron chi connectivity index (χ3n) is 3.75. The number of fused-ring (bicyclic) bond motifs is 1. The van der Waals surface area contributed by atoms with E-state index in [-0.39, 0.29) is 5.75 Å². The molecule has 0 amide bonds. The average molecular weight is 316 g/mol. The van der Waals surface area contributed by atoms with Crippen LogP contribution in [0.4, 0.5) is 0 Å². The Morgan fingerprint density at radius 3 is 2.46 bits per heavy atom. The first-order valence-electron chi connectivity index (χ1n) is 7.61. The second kappa shape index (κ2) is 6.92. The quantitative estimate of drug-likeness (QED) is 0.306. The Balaban J connectivity index is 1.82. The normalized spacial score (nSPS) is 10.9. The molecule has 0 radical (unpaired) electrons. The average Bonchev–Trinajstić information content (AvgIpc) is 2.61. The molecule has 0 aliphatic carbocycles. The molecule has 3 aromatic carbocycles. The lowest BCUT2D eigenvalue weighted by atomic mass is 10.0. The topological polar surface area (TPSA) is 43.4 Å². The molecule has 0 heterocycles.